The summed E-state index contributed by atoms with van der Waals surface area (Å²) in [5.41, 5.74) is 0.936. The molecule has 0 aliphatic carbocycles. The summed E-state index contributed by atoms with van der Waals surface area (Å²) in [6.45, 7) is 4.54. The summed E-state index contributed by atoms with van der Waals surface area (Å²) in [7, 11) is 0. The summed E-state index contributed by atoms with van der Waals surface area (Å²) < 4.78 is 10.5. The maximum Gasteiger partial charge on any atom is 0.263 e. The van der Waals surface area contributed by atoms with Crippen LogP contribution in [0.1, 0.15) is 25.8 Å². The van der Waals surface area contributed by atoms with Gasteiger partial charge in [0.1, 0.15) is 11.6 Å². The maximum atomic E-state index is 12.0. The number of hydrogen-bond acceptors (Lipinski definition) is 5. The predicted molar refractivity (Wildman–Crippen MR) is 81.0 cm³/mol. The van der Waals surface area contributed by atoms with E-state index in [9.17, 15) is 4.79 Å². The van der Waals surface area contributed by atoms with Crippen molar-refractivity contribution in [3.05, 3.63) is 35.5 Å². The fourth-order valence-corrected chi connectivity index (χ4v) is 1.82. The van der Waals surface area contributed by atoms with Crippen LogP contribution in [0.4, 0.5) is 0 Å². The molecule has 6 nitrogen and oxygen atoms in total. The number of carbonyl (C=O) groups excluding carboxylic acids is 1. The Morgan fingerprint density at radius 3 is 2.95 bits per heavy atom. The average molecular weight is 301 g/mol. The first-order chi connectivity index (χ1) is 10.6. The highest BCUT2D eigenvalue weighted by Crippen LogP contribution is 2.32. The van der Waals surface area contributed by atoms with Crippen molar-refractivity contribution in [2.75, 3.05) is 6.79 Å². The monoisotopic (exact) mass is 301 g/mol. The van der Waals surface area contributed by atoms with E-state index in [0.29, 0.717) is 18.0 Å². The second-order valence-electron chi connectivity index (χ2n) is 5.02. The second-order valence-corrected chi connectivity index (χ2v) is 5.02. The van der Waals surface area contributed by atoms with Gasteiger partial charge in [0.2, 0.25) is 6.79 Å². The Morgan fingerprint density at radius 1 is 1.45 bits per heavy atom. The van der Waals surface area contributed by atoms with Crippen LogP contribution in [-0.2, 0) is 11.3 Å². The van der Waals surface area contributed by atoms with Crippen LogP contribution in [0, 0.1) is 11.3 Å². The molecule has 0 fully saturated rings. The van der Waals surface area contributed by atoms with E-state index in [1.807, 2.05) is 32.0 Å². The zero-order valence-corrected chi connectivity index (χ0v) is 12.7. The molecule has 1 amide bonds. The summed E-state index contributed by atoms with van der Waals surface area (Å²) in [5, 5.41) is 14.8. The van der Waals surface area contributed by atoms with E-state index >= 15 is 0 Å². The fraction of sp³-hybridized carbons (Fsp3) is 0.375. The Labute approximate surface area is 129 Å². The molecule has 116 valence electrons. The van der Waals surface area contributed by atoms with Gasteiger partial charge in [-0.1, -0.05) is 13.0 Å². The van der Waals surface area contributed by atoms with Crippen LogP contribution in [0.3, 0.4) is 0 Å². The van der Waals surface area contributed by atoms with Crippen molar-refractivity contribution in [1.82, 2.24) is 10.6 Å². The zero-order chi connectivity index (χ0) is 15.9. The molecule has 1 aliphatic heterocycles. The van der Waals surface area contributed by atoms with Crippen LogP contribution in [-0.4, -0.2) is 18.7 Å². The van der Waals surface area contributed by atoms with Crippen LogP contribution in [0.25, 0.3) is 0 Å². The minimum absolute atomic E-state index is 0.0565. The number of benzene rings is 1. The fourth-order valence-electron chi connectivity index (χ4n) is 1.82. The Morgan fingerprint density at radius 2 is 2.23 bits per heavy atom. The van der Waals surface area contributed by atoms with Gasteiger partial charge in [0, 0.05) is 18.8 Å². The van der Waals surface area contributed by atoms with Gasteiger partial charge in [0.15, 0.2) is 11.5 Å². The Hall–Kier alpha value is -2.68. The number of nitrogens with one attached hydrogen (secondary N) is 2. The third-order valence-corrected chi connectivity index (χ3v) is 3.38. The van der Waals surface area contributed by atoms with Gasteiger partial charge in [0.05, 0.1) is 0 Å². The van der Waals surface area contributed by atoms with Crippen molar-refractivity contribution in [1.29, 1.82) is 5.26 Å². The Bertz CT molecular complexity index is 620. The van der Waals surface area contributed by atoms with Gasteiger partial charge in [-0.25, -0.2) is 0 Å². The molecular formula is C16H19N3O3. The topological polar surface area (TPSA) is 83.4 Å². The number of fused-ring (bicyclic) bond motifs is 1. The second kappa shape index (κ2) is 7.36. The van der Waals surface area contributed by atoms with Crippen LogP contribution < -0.4 is 20.1 Å². The van der Waals surface area contributed by atoms with E-state index in [0.717, 1.165) is 12.0 Å². The lowest BCUT2D eigenvalue weighted by molar-refractivity contribution is -0.117. The molecule has 1 aromatic carbocycles. The molecule has 0 bridgehead atoms. The molecule has 1 heterocycles. The molecule has 0 saturated carbocycles. The molecule has 2 N–H and O–H groups in total. The van der Waals surface area contributed by atoms with Crippen LogP contribution in [0.5, 0.6) is 11.5 Å². The molecule has 0 saturated heterocycles. The van der Waals surface area contributed by atoms with Gasteiger partial charge in [-0.2, -0.15) is 5.26 Å². The van der Waals surface area contributed by atoms with Crippen molar-refractivity contribution in [2.45, 2.75) is 32.9 Å². The average Bonchev–Trinajstić information content (AvgIpc) is 3.00. The number of nitrogens with zero attached hydrogens (tertiary/aromatic N) is 1. The van der Waals surface area contributed by atoms with Gasteiger partial charge in [-0.05, 0) is 31.0 Å². The molecular weight excluding hydrogens is 282 g/mol. The lowest BCUT2D eigenvalue weighted by Crippen LogP contribution is -2.27. The molecule has 0 radical (unpaired) electrons. The van der Waals surface area contributed by atoms with Crippen molar-refractivity contribution in [3.63, 3.8) is 0 Å². The summed E-state index contributed by atoms with van der Waals surface area (Å²) in [6.07, 6.45) is 2.37. The summed E-state index contributed by atoms with van der Waals surface area (Å²) in [6, 6.07) is 7.58. The number of ether oxygens (including phenoxy) is 2. The van der Waals surface area contributed by atoms with Gasteiger partial charge in [-0.15, -0.1) is 0 Å². The summed E-state index contributed by atoms with van der Waals surface area (Å²) >= 11 is 0. The van der Waals surface area contributed by atoms with Gasteiger partial charge >= 0.3 is 0 Å². The normalized spacial score (nSPS) is 14.1. The van der Waals surface area contributed by atoms with E-state index in [4.69, 9.17) is 14.7 Å². The largest absolute Gasteiger partial charge is 0.454 e. The standard InChI is InChI=1S/C16H19N3O3/c1-3-11(2)18-9-13(7-17)16(20)19-8-12-4-5-14-15(6-12)22-10-21-14/h4-6,9,11,18H,3,8,10H2,1-2H3,(H,19,20)/b13-9-. The van der Waals surface area contributed by atoms with E-state index in [2.05, 4.69) is 10.6 Å². The maximum absolute atomic E-state index is 12.0. The first-order valence-electron chi connectivity index (χ1n) is 7.17. The molecule has 1 unspecified atom stereocenters. The number of amides is 1. The molecule has 22 heavy (non-hydrogen) atoms. The van der Waals surface area contributed by atoms with E-state index in [-0.39, 0.29) is 18.4 Å². The number of nitriles is 1. The molecule has 0 spiro atoms. The van der Waals surface area contributed by atoms with Crippen LogP contribution >= 0.6 is 0 Å². The van der Waals surface area contributed by atoms with Gasteiger partial charge in [-0.3, -0.25) is 4.79 Å². The van der Waals surface area contributed by atoms with Crippen LogP contribution in [0.2, 0.25) is 0 Å². The minimum atomic E-state index is -0.407. The highest BCUT2D eigenvalue weighted by Gasteiger charge is 2.14. The summed E-state index contributed by atoms with van der Waals surface area (Å²) in [4.78, 5) is 12.0. The highest BCUT2D eigenvalue weighted by molar-refractivity contribution is 5.97. The zero-order valence-electron chi connectivity index (χ0n) is 12.7. The molecule has 6 heteroatoms. The number of rotatable bonds is 6. The first-order valence-corrected chi connectivity index (χ1v) is 7.17. The predicted octanol–water partition coefficient (Wildman–Crippen LogP) is 1.83. The molecule has 1 aliphatic rings. The van der Waals surface area contributed by atoms with Crippen molar-refractivity contribution in [2.24, 2.45) is 0 Å². The van der Waals surface area contributed by atoms with E-state index in [1.165, 1.54) is 6.20 Å². The SMILES string of the molecule is CCC(C)N/C=C(/C#N)C(=O)NCc1ccc2c(c1)OCO2. The lowest BCUT2D eigenvalue weighted by atomic mass is 10.2. The molecule has 1 aromatic rings. The van der Waals surface area contributed by atoms with Crippen molar-refractivity contribution >= 4 is 5.91 Å². The lowest BCUT2D eigenvalue weighted by Gasteiger charge is -2.09. The van der Waals surface area contributed by atoms with E-state index in [1.54, 1.807) is 6.07 Å². The highest BCUT2D eigenvalue weighted by atomic mass is 16.7. The minimum Gasteiger partial charge on any atom is -0.454 e. The first kappa shape index (κ1) is 15.7. The Balaban J connectivity index is 1.92. The number of carbonyl (C=O) groups is 1. The molecule has 1 atom stereocenters. The van der Waals surface area contributed by atoms with Gasteiger partial charge < -0.3 is 20.1 Å². The summed E-state index contributed by atoms with van der Waals surface area (Å²) in [5.74, 6) is 0.961. The molecule has 0 aromatic heterocycles. The molecule has 2 rings (SSSR count). The van der Waals surface area contributed by atoms with Crippen molar-refractivity contribution < 1.29 is 14.3 Å². The third kappa shape index (κ3) is 3.92. The van der Waals surface area contributed by atoms with Crippen LogP contribution in [0.15, 0.2) is 30.0 Å². The van der Waals surface area contributed by atoms with Gasteiger partial charge in [0.25, 0.3) is 5.91 Å². The number of hydrogen-bond donors (Lipinski definition) is 2. The smallest absolute Gasteiger partial charge is 0.263 e. The van der Waals surface area contributed by atoms with E-state index < -0.39 is 5.91 Å². The Kier molecular flexibility index (Phi) is 5.26. The third-order valence-electron chi connectivity index (χ3n) is 3.38. The van der Waals surface area contributed by atoms with Crippen molar-refractivity contribution in [3.8, 4) is 17.6 Å². The quantitative estimate of drug-likeness (QED) is 0.618.